The number of nitrogens with zero attached hydrogens (tertiary/aromatic N) is 2. The van der Waals surface area contributed by atoms with Gasteiger partial charge in [-0.1, -0.05) is 36.4 Å². The Balaban J connectivity index is 1.59. The van der Waals surface area contributed by atoms with Crippen molar-refractivity contribution in [2.75, 3.05) is 5.88 Å². The van der Waals surface area contributed by atoms with Crippen LogP contribution in [0.2, 0.25) is 0 Å². The number of nitrogens with one attached hydrogen (secondary N) is 2. The molecule has 0 aromatic heterocycles. The number of phenols is 1. The second-order valence-corrected chi connectivity index (χ2v) is 12.0. The zero-order chi connectivity index (χ0) is 27.7. The minimum atomic E-state index is -1.65. The molecule has 2 aromatic carbocycles. The van der Waals surface area contributed by atoms with Crippen LogP contribution in [0.5, 0.6) is 5.75 Å². The number of rotatable bonds is 8. The Kier molecular flexibility index (Phi) is 7.72. The summed E-state index contributed by atoms with van der Waals surface area (Å²) >= 11 is 1.41. The van der Waals surface area contributed by atoms with E-state index in [1.807, 2.05) is 44.2 Å². The maximum Gasteiger partial charge on any atom is 0.254 e. The van der Waals surface area contributed by atoms with Gasteiger partial charge in [0.05, 0.1) is 18.0 Å². The number of aliphatic hydroxyl groups excluding tert-OH is 1. The molecule has 0 spiro atoms. The third-order valence-electron chi connectivity index (χ3n) is 7.20. The molecule has 4 rings (SSSR count). The van der Waals surface area contributed by atoms with E-state index in [1.54, 1.807) is 19.1 Å². The Bertz CT molecular complexity index is 1270. The van der Waals surface area contributed by atoms with E-state index in [4.69, 9.17) is 0 Å². The SMILES string of the molecule is Cc1c(O)cccc1C(=O)N[C@@H](Cc1ccccc1)[C@H](O)C(=O)N1CSC(C)(C)C1C(=O)NC1(C#N)CC1. The van der Waals surface area contributed by atoms with E-state index in [9.17, 15) is 29.9 Å². The highest BCUT2D eigenvalue weighted by molar-refractivity contribution is 8.00. The number of nitriles is 1. The number of amides is 3. The van der Waals surface area contributed by atoms with Crippen LogP contribution in [0.15, 0.2) is 48.5 Å². The number of phenolic OH excluding ortho intramolecular Hbond substituents is 1. The van der Waals surface area contributed by atoms with Crippen molar-refractivity contribution in [1.29, 1.82) is 5.26 Å². The molecule has 1 saturated carbocycles. The van der Waals surface area contributed by atoms with E-state index in [1.165, 1.54) is 22.7 Å². The fourth-order valence-corrected chi connectivity index (χ4v) is 5.81. The van der Waals surface area contributed by atoms with Gasteiger partial charge in [0.15, 0.2) is 6.10 Å². The summed E-state index contributed by atoms with van der Waals surface area (Å²) in [6.07, 6.45) is -0.361. The molecule has 3 amide bonds. The summed E-state index contributed by atoms with van der Waals surface area (Å²) in [7, 11) is 0. The molecule has 200 valence electrons. The highest BCUT2D eigenvalue weighted by Gasteiger charge is 2.53. The lowest BCUT2D eigenvalue weighted by molar-refractivity contribution is -0.147. The molecule has 3 atom stereocenters. The van der Waals surface area contributed by atoms with Crippen LogP contribution in [0.3, 0.4) is 0 Å². The van der Waals surface area contributed by atoms with Crippen molar-refractivity contribution < 1.29 is 24.6 Å². The van der Waals surface area contributed by atoms with Crippen molar-refractivity contribution in [3.63, 3.8) is 0 Å². The van der Waals surface area contributed by atoms with E-state index in [2.05, 4.69) is 16.7 Å². The summed E-state index contributed by atoms with van der Waals surface area (Å²) in [5, 5.41) is 36.4. The first-order chi connectivity index (χ1) is 18.0. The van der Waals surface area contributed by atoms with Gasteiger partial charge in [-0.3, -0.25) is 14.4 Å². The van der Waals surface area contributed by atoms with E-state index >= 15 is 0 Å². The lowest BCUT2D eigenvalue weighted by atomic mass is 9.96. The van der Waals surface area contributed by atoms with Crippen LogP contribution in [0.4, 0.5) is 0 Å². The first-order valence-corrected chi connectivity index (χ1v) is 13.5. The molecule has 2 fully saturated rings. The molecule has 1 aliphatic carbocycles. The fraction of sp³-hybridized carbons (Fsp3) is 0.429. The van der Waals surface area contributed by atoms with Crippen LogP contribution in [0.1, 0.15) is 48.2 Å². The number of carbonyl (C=O) groups is 3. The van der Waals surface area contributed by atoms with Crippen molar-refractivity contribution in [3.8, 4) is 11.8 Å². The lowest BCUT2D eigenvalue weighted by Crippen LogP contribution is -2.59. The summed E-state index contributed by atoms with van der Waals surface area (Å²) in [5.74, 6) is -1.51. The number of aromatic hydroxyl groups is 1. The molecule has 0 bridgehead atoms. The summed E-state index contributed by atoms with van der Waals surface area (Å²) < 4.78 is -0.651. The first-order valence-electron chi connectivity index (χ1n) is 12.5. The monoisotopic (exact) mass is 536 g/mol. The largest absolute Gasteiger partial charge is 0.508 e. The average Bonchev–Trinajstić information content (AvgIpc) is 3.58. The quantitative estimate of drug-likeness (QED) is 0.405. The standard InChI is InChI=1S/C28H32N4O5S/c1-17-19(10-7-11-21(17)33)24(35)30-20(14-18-8-5-4-6-9-18)22(34)26(37)32-16-38-27(2,3)23(32)25(36)31-28(15-29)12-13-28/h4-11,20,22-23,33-34H,12-14,16H2,1-3H3,(H,30,35)(H,31,36)/t20-,22-,23?/m0/s1. The van der Waals surface area contributed by atoms with Crippen LogP contribution in [-0.4, -0.2) is 67.2 Å². The molecule has 9 nitrogen and oxygen atoms in total. The molecule has 0 radical (unpaired) electrons. The minimum Gasteiger partial charge on any atom is -0.508 e. The number of thioether (sulfide) groups is 1. The maximum atomic E-state index is 13.7. The predicted molar refractivity (Wildman–Crippen MR) is 143 cm³/mol. The molecule has 38 heavy (non-hydrogen) atoms. The molecule has 1 saturated heterocycles. The van der Waals surface area contributed by atoms with Gasteiger partial charge in [-0.05, 0) is 57.7 Å². The van der Waals surface area contributed by atoms with Gasteiger partial charge in [0.1, 0.15) is 17.3 Å². The number of benzene rings is 2. The topological polar surface area (TPSA) is 143 Å². The maximum absolute atomic E-state index is 13.7. The van der Waals surface area contributed by atoms with E-state index in [0.717, 1.165) is 5.56 Å². The Morgan fingerprint density at radius 2 is 1.84 bits per heavy atom. The van der Waals surface area contributed by atoms with Crippen molar-refractivity contribution in [3.05, 3.63) is 65.2 Å². The highest BCUT2D eigenvalue weighted by Crippen LogP contribution is 2.41. The Morgan fingerprint density at radius 1 is 1.16 bits per heavy atom. The van der Waals surface area contributed by atoms with Crippen LogP contribution in [0, 0.1) is 18.3 Å². The molecule has 10 heteroatoms. The van der Waals surface area contributed by atoms with Crippen LogP contribution < -0.4 is 10.6 Å². The van der Waals surface area contributed by atoms with Crippen LogP contribution in [0.25, 0.3) is 0 Å². The fourth-order valence-electron chi connectivity index (χ4n) is 4.67. The van der Waals surface area contributed by atoms with Crippen molar-refractivity contribution >= 4 is 29.5 Å². The van der Waals surface area contributed by atoms with Gasteiger partial charge in [0, 0.05) is 15.9 Å². The number of hydrogen-bond donors (Lipinski definition) is 4. The molecular formula is C28H32N4O5S. The Morgan fingerprint density at radius 3 is 2.47 bits per heavy atom. The summed E-state index contributed by atoms with van der Waals surface area (Å²) in [6, 6.07) is 14.0. The molecule has 1 unspecified atom stereocenters. The number of hydrogen-bond acceptors (Lipinski definition) is 7. The van der Waals surface area contributed by atoms with Crippen molar-refractivity contribution in [1.82, 2.24) is 15.5 Å². The van der Waals surface area contributed by atoms with E-state index < -0.39 is 46.2 Å². The van der Waals surface area contributed by atoms with Crippen molar-refractivity contribution in [2.45, 2.75) is 68.5 Å². The molecule has 2 aromatic rings. The number of carbonyl (C=O) groups excluding carboxylic acids is 3. The van der Waals surface area contributed by atoms with Gasteiger partial charge in [-0.2, -0.15) is 5.26 Å². The zero-order valence-corrected chi connectivity index (χ0v) is 22.4. The van der Waals surface area contributed by atoms with E-state index in [0.29, 0.717) is 18.4 Å². The van der Waals surface area contributed by atoms with Gasteiger partial charge in [-0.25, -0.2) is 0 Å². The predicted octanol–water partition coefficient (Wildman–Crippen LogP) is 2.26. The van der Waals surface area contributed by atoms with Crippen LogP contribution >= 0.6 is 11.8 Å². The van der Waals surface area contributed by atoms with E-state index in [-0.39, 0.29) is 23.6 Å². The molecule has 2 aliphatic rings. The first kappa shape index (κ1) is 27.5. The second-order valence-electron chi connectivity index (χ2n) is 10.4. The zero-order valence-electron chi connectivity index (χ0n) is 21.6. The van der Waals surface area contributed by atoms with Crippen molar-refractivity contribution in [2.24, 2.45) is 0 Å². The summed E-state index contributed by atoms with van der Waals surface area (Å²) in [5.41, 5.74) is 0.512. The summed E-state index contributed by atoms with van der Waals surface area (Å²) in [4.78, 5) is 41.5. The van der Waals surface area contributed by atoms with Gasteiger partial charge in [0.2, 0.25) is 5.91 Å². The number of aliphatic hydroxyl groups is 1. The summed E-state index contributed by atoms with van der Waals surface area (Å²) in [6.45, 7) is 5.31. The molecule has 1 aliphatic heterocycles. The highest BCUT2D eigenvalue weighted by atomic mass is 32.2. The molecule has 4 N–H and O–H groups in total. The molecule has 1 heterocycles. The van der Waals surface area contributed by atoms with Gasteiger partial charge < -0.3 is 25.7 Å². The van der Waals surface area contributed by atoms with Crippen LogP contribution in [-0.2, 0) is 16.0 Å². The Labute approximate surface area is 226 Å². The smallest absolute Gasteiger partial charge is 0.254 e. The normalized spacial score (nSPS) is 20.6. The molecular weight excluding hydrogens is 504 g/mol. The minimum absolute atomic E-state index is 0.0372. The second kappa shape index (κ2) is 10.7. The average molecular weight is 537 g/mol. The van der Waals surface area contributed by atoms with Gasteiger partial charge in [0.25, 0.3) is 11.8 Å². The van der Waals surface area contributed by atoms with Gasteiger partial charge >= 0.3 is 0 Å². The third kappa shape index (κ3) is 5.64. The van der Waals surface area contributed by atoms with Gasteiger partial charge in [-0.15, -0.1) is 11.8 Å². The third-order valence-corrected chi connectivity index (χ3v) is 8.58. The lowest BCUT2D eigenvalue weighted by Gasteiger charge is -2.33. The Hall–Kier alpha value is -3.55.